The highest BCUT2D eigenvalue weighted by Crippen LogP contribution is 2.24. The van der Waals surface area contributed by atoms with Gasteiger partial charge in [-0.05, 0) is 23.8 Å². The lowest BCUT2D eigenvalue weighted by Crippen LogP contribution is -2.35. The number of carbonyl (C=O) groups excluding carboxylic acids is 1. The maximum atomic E-state index is 12.6. The first-order chi connectivity index (χ1) is 13.4. The lowest BCUT2D eigenvalue weighted by Gasteiger charge is -2.21. The van der Waals surface area contributed by atoms with Crippen LogP contribution in [0, 0.1) is 0 Å². The lowest BCUT2D eigenvalue weighted by molar-refractivity contribution is 0.0938. The van der Waals surface area contributed by atoms with Crippen molar-refractivity contribution in [2.75, 3.05) is 12.8 Å². The van der Waals surface area contributed by atoms with Crippen molar-refractivity contribution in [2.45, 2.75) is 25.2 Å². The molecule has 0 aliphatic carbocycles. The molecule has 0 unspecified atom stereocenters. The van der Waals surface area contributed by atoms with Gasteiger partial charge in [-0.25, -0.2) is 4.79 Å². The predicted molar refractivity (Wildman–Crippen MR) is 105 cm³/mol. The van der Waals surface area contributed by atoms with Gasteiger partial charge in [-0.1, -0.05) is 42.5 Å². The third-order valence-electron chi connectivity index (χ3n) is 4.23. The number of aromatic nitrogens is 1. The number of hydrogen-bond donors (Lipinski definition) is 0. The maximum Gasteiger partial charge on any atom is 0.410 e. The number of amides is 1. The zero-order chi connectivity index (χ0) is 20.0. The van der Waals surface area contributed by atoms with E-state index in [2.05, 4.69) is 4.98 Å². The molecule has 148 valence electrons. The van der Waals surface area contributed by atoms with E-state index >= 15 is 0 Å². The van der Waals surface area contributed by atoms with Crippen LogP contribution in [0.3, 0.4) is 0 Å². The highest BCUT2D eigenvalue weighted by atomic mass is 32.2. The van der Waals surface area contributed by atoms with Gasteiger partial charge in [0.25, 0.3) is 10.1 Å². The van der Waals surface area contributed by atoms with Crippen LogP contribution >= 0.6 is 0 Å². The molecule has 28 heavy (non-hydrogen) atoms. The van der Waals surface area contributed by atoms with Crippen molar-refractivity contribution < 1.29 is 22.1 Å². The van der Waals surface area contributed by atoms with Gasteiger partial charge in [0.2, 0.25) is 0 Å². The molecule has 0 saturated carbocycles. The summed E-state index contributed by atoms with van der Waals surface area (Å²) in [7, 11) is -3.62. The average Bonchev–Trinajstić information content (AvgIpc) is 3.07. The van der Waals surface area contributed by atoms with Crippen LogP contribution in [-0.2, 0) is 25.6 Å². The van der Waals surface area contributed by atoms with Gasteiger partial charge in [-0.2, -0.15) is 8.42 Å². The number of hydrogen-bond acceptors (Lipinski definition) is 6. The zero-order valence-corrected chi connectivity index (χ0v) is 16.3. The molecule has 1 aromatic heterocycles. The largest absolute Gasteiger partial charge is 0.445 e. The minimum Gasteiger partial charge on any atom is -0.445 e. The molecule has 2 atom stereocenters. The van der Waals surface area contributed by atoms with Crippen molar-refractivity contribution in [1.82, 2.24) is 9.88 Å². The Morgan fingerprint density at radius 1 is 1.21 bits per heavy atom. The van der Waals surface area contributed by atoms with E-state index in [0.717, 1.165) is 17.5 Å². The quantitative estimate of drug-likeness (QED) is 0.691. The van der Waals surface area contributed by atoms with Crippen LogP contribution in [0.2, 0.25) is 0 Å². The van der Waals surface area contributed by atoms with Gasteiger partial charge in [0.15, 0.2) is 0 Å². The molecule has 2 aromatic rings. The van der Waals surface area contributed by atoms with E-state index in [1.807, 2.05) is 54.6 Å². The molecule has 3 rings (SSSR count). The van der Waals surface area contributed by atoms with Crippen molar-refractivity contribution in [3.8, 4) is 0 Å². The van der Waals surface area contributed by atoms with Gasteiger partial charge in [0, 0.05) is 12.6 Å². The normalized spacial score (nSPS) is 19.8. The minimum absolute atomic E-state index is 0.137. The zero-order valence-electron chi connectivity index (χ0n) is 15.5. The number of carbonyl (C=O) groups is 1. The summed E-state index contributed by atoms with van der Waals surface area (Å²) in [6.45, 7) is 0.280. The van der Waals surface area contributed by atoms with Crippen molar-refractivity contribution >= 4 is 22.3 Å². The Kier molecular flexibility index (Phi) is 6.43. The highest BCUT2D eigenvalue weighted by Gasteiger charge is 2.37. The molecular weight excluding hydrogens is 380 g/mol. The molecule has 0 radical (unpaired) electrons. The second-order valence-corrected chi connectivity index (χ2v) is 8.13. The van der Waals surface area contributed by atoms with E-state index in [4.69, 9.17) is 8.92 Å². The molecule has 0 N–H and O–H groups in total. The molecule has 1 aromatic carbocycles. The van der Waals surface area contributed by atoms with E-state index in [1.165, 1.54) is 4.90 Å². The molecule has 2 heterocycles. The van der Waals surface area contributed by atoms with Crippen molar-refractivity contribution in [3.05, 3.63) is 72.1 Å². The molecule has 8 heteroatoms. The van der Waals surface area contributed by atoms with Gasteiger partial charge >= 0.3 is 6.09 Å². The van der Waals surface area contributed by atoms with Crippen LogP contribution in [0.25, 0.3) is 6.08 Å². The highest BCUT2D eigenvalue weighted by molar-refractivity contribution is 7.86. The smallest absolute Gasteiger partial charge is 0.410 e. The Morgan fingerprint density at radius 2 is 1.96 bits per heavy atom. The molecule has 0 spiro atoms. The van der Waals surface area contributed by atoms with Gasteiger partial charge < -0.3 is 4.74 Å². The monoisotopic (exact) mass is 402 g/mol. The summed E-state index contributed by atoms with van der Waals surface area (Å²) in [5.74, 6) is 0. The van der Waals surface area contributed by atoms with Gasteiger partial charge in [-0.3, -0.25) is 14.1 Å². The Balaban J connectivity index is 1.70. The Morgan fingerprint density at radius 3 is 2.64 bits per heavy atom. The Hall–Kier alpha value is -2.71. The summed E-state index contributed by atoms with van der Waals surface area (Å²) in [5.41, 5.74) is 1.62. The number of rotatable bonds is 6. The van der Waals surface area contributed by atoms with Crippen LogP contribution in [0.5, 0.6) is 0 Å². The van der Waals surface area contributed by atoms with Crippen molar-refractivity contribution in [1.29, 1.82) is 0 Å². The second-order valence-electron chi connectivity index (χ2n) is 6.53. The number of benzene rings is 1. The second kappa shape index (κ2) is 8.99. The summed E-state index contributed by atoms with van der Waals surface area (Å²) in [6.07, 6.45) is 5.52. The molecule has 1 amide bonds. The fourth-order valence-corrected chi connectivity index (χ4v) is 3.66. The maximum absolute atomic E-state index is 12.6. The van der Waals surface area contributed by atoms with E-state index < -0.39 is 22.3 Å². The van der Waals surface area contributed by atoms with Crippen LogP contribution in [0.15, 0.2) is 60.8 Å². The van der Waals surface area contributed by atoms with Crippen LogP contribution in [-0.4, -0.2) is 49.3 Å². The first-order valence-corrected chi connectivity index (χ1v) is 10.7. The molecule has 1 aliphatic rings. The van der Waals surface area contributed by atoms with E-state index in [1.54, 1.807) is 12.3 Å². The van der Waals surface area contributed by atoms with Crippen LogP contribution < -0.4 is 0 Å². The molecule has 1 aliphatic heterocycles. The first kappa shape index (κ1) is 20.0. The first-order valence-electron chi connectivity index (χ1n) is 8.85. The van der Waals surface area contributed by atoms with Crippen molar-refractivity contribution in [3.63, 3.8) is 0 Å². The average molecular weight is 402 g/mol. The fraction of sp³-hybridized carbons (Fsp3) is 0.300. The molecule has 1 fully saturated rings. The third kappa shape index (κ3) is 5.90. The summed E-state index contributed by atoms with van der Waals surface area (Å²) in [6, 6.07) is 14.5. The summed E-state index contributed by atoms with van der Waals surface area (Å²) >= 11 is 0. The number of nitrogens with zero attached hydrogens (tertiary/aromatic N) is 2. The van der Waals surface area contributed by atoms with Crippen molar-refractivity contribution in [2.24, 2.45) is 0 Å². The predicted octanol–water partition coefficient (Wildman–Crippen LogP) is 2.85. The fourth-order valence-electron chi connectivity index (χ4n) is 3.02. The number of ether oxygens (including phenoxy) is 1. The lowest BCUT2D eigenvalue weighted by atomic mass is 10.1. The SMILES string of the molecule is CS(=O)(=O)O[C@@H]1C[C@@H](/C=C/c2ccccn2)N(C(=O)OCc2ccccc2)C1. The van der Waals surface area contributed by atoms with Gasteiger partial charge in [0.1, 0.15) is 6.61 Å². The summed E-state index contributed by atoms with van der Waals surface area (Å²) < 4.78 is 33.5. The minimum atomic E-state index is -3.62. The van der Waals surface area contributed by atoms with Crippen LogP contribution in [0.4, 0.5) is 4.79 Å². The van der Waals surface area contributed by atoms with Gasteiger partial charge in [0.05, 0.1) is 30.6 Å². The molecule has 0 bridgehead atoms. The number of pyridine rings is 1. The van der Waals surface area contributed by atoms with E-state index in [9.17, 15) is 13.2 Å². The van der Waals surface area contributed by atoms with E-state index in [0.29, 0.717) is 6.42 Å². The topological polar surface area (TPSA) is 85.8 Å². The molecular formula is C20H22N2O5S. The Labute approximate surface area is 164 Å². The number of likely N-dealkylation sites (tertiary alicyclic amines) is 1. The standard InChI is InChI=1S/C20H22N2O5S/c1-28(24,25)27-19-13-18(11-10-17-9-5-6-12-21-17)22(14-19)20(23)26-15-16-7-3-2-4-8-16/h2-12,18-19H,13-15H2,1H3/b11-10+/t18-,19-/m1/s1. The Bertz CT molecular complexity index is 916. The van der Waals surface area contributed by atoms with Gasteiger partial charge in [-0.15, -0.1) is 0 Å². The van der Waals surface area contributed by atoms with Crippen LogP contribution in [0.1, 0.15) is 17.7 Å². The third-order valence-corrected chi connectivity index (χ3v) is 4.85. The molecule has 1 saturated heterocycles. The molecule has 7 nitrogen and oxygen atoms in total. The summed E-state index contributed by atoms with van der Waals surface area (Å²) in [4.78, 5) is 18.3. The van der Waals surface area contributed by atoms with E-state index in [-0.39, 0.29) is 19.2 Å². The summed E-state index contributed by atoms with van der Waals surface area (Å²) in [5, 5.41) is 0.